The van der Waals surface area contributed by atoms with E-state index in [4.69, 9.17) is 0 Å². The van der Waals surface area contributed by atoms with Gasteiger partial charge in [0.05, 0.1) is 6.54 Å². The van der Waals surface area contributed by atoms with Gasteiger partial charge in [-0.15, -0.1) is 0 Å². The topological polar surface area (TPSA) is 61.4 Å². The Balaban J connectivity index is 2.63. The van der Waals surface area contributed by atoms with E-state index in [9.17, 15) is 9.59 Å². The van der Waals surface area contributed by atoms with Gasteiger partial charge in [0.2, 0.25) is 5.91 Å². The van der Waals surface area contributed by atoms with E-state index in [1.54, 1.807) is 38.2 Å². The maximum Gasteiger partial charge on any atom is 0.251 e. The molecule has 0 unspecified atom stereocenters. The average Bonchev–Trinajstić information content (AvgIpc) is 2.39. The highest BCUT2D eigenvalue weighted by Crippen LogP contribution is 2.06. The van der Waals surface area contributed by atoms with Crippen LogP contribution in [0.3, 0.4) is 0 Å². The molecule has 0 aliphatic heterocycles. The summed E-state index contributed by atoms with van der Waals surface area (Å²) in [5.74, 6) is -0.0750. The molecule has 0 saturated heterocycles. The van der Waals surface area contributed by atoms with E-state index in [2.05, 4.69) is 10.6 Å². The maximum absolute atomic E-state index is 11.6. The molecule has 2 N–H and O–H groups in total. The SMILES string of the molecule is CNCC(=O)N(C)Cc1ccc(C(=O)NC)cc1. The van der Waals surface area contributed by atoms with Crippen molar-refractivity contribution in [3.63, 3.8) is 0 Å². The lowest BCUT2D eigenvalue weighted by molar-refractivity contribution is -0.129. The minimum atomic E-state index is -0.110. The van der Waals surface area contributed by atoms with Gasteiger partial charge in [-0.2, -0.15) is 0 Å². The Morgan fingerprint density at radius 3 is 2.28 bits per heavy atom. The van der Waals surface area contributed by atoms with E-state index in [1.807, 2.05) is 12.1 Å². The van der Waals surface area contributed by atoms with Gasteiger partial charge < -0.3 is 15.5 Å². The lowest BCUT2D eigenvalue weighted by Gasteiger charge is -2.17. The predicted octanol–water partition coefficient (Wildman–Crippen LogP) is 0.224. The predicted molar refractivity (Wildman–Crippen MR) is 70.2 cm³/mol. The molecule has 0 aliphatic rings. The van der Waals surface area contributed by atoms with E-state index in [-0.39, 0.29) is 11.8 Å². The van der Waals surface area contributed by atoms with Crippen LogP contribution in [-0.4, -0.2) is 44.4 Å². The van der Waals surface area contributed by atoms with Crippen LogP contribution in [0.4, 0.5) is 0 Å². The van der Waals surface area contributed by atoms with E-state index >= 15 is 0 Å². The molecule has 2 amide bonds. The standard InChI is InChI=1S/C13H19N3O2/c1-14-8-12(17)16(3)9-10-4-6-11(7-5-10)13(18)15-2/h4-7,14H,8-9H2,1-3H3,(H,15,18). The van der Waals surface area contributed by atoms with Crippen LogP contribution in [0, 0.1) is 0 Å². The Labute approximate surface area is 107 Å². The first-order valence-electron chi connectivity index (χ1n) is 5.78. The van der Waals surface area contributed by atoms with Gasteiger partial charge in [0.15, 0.2) is 0 Å². The number of rotatable bonds is 5. The summed E-state index contributed by atoms with van der Waals surface area (Å²) in [5.41, 5.74) is 1.61. The number of hydrogen-bond donors (Lipinski definition) is 2. The third-order valence-electron chi connectivity index (χ3n) is 2.62. The summed E-state index contributed by atoms with van der Waals surface area (Å²) in [7, 11) is 5.09. The number of amides is 2. The van der Waals surface area contributed by atoms with Gasteiger partial charge in [-0.25, -0.2) is 0 Å². The molecule has 0 aromatic heterocycles. The summed E-state index contributed by atoms with van der Waals surface area (Å²) in [6.45, 7) is 0.862. The van der Waals surface area contributed by atoms with Gasteiger partial charge in [0, 0.05) is 26.2 Å². The van der Waals surface area contributed by atoms with Gasteiger partial charge in [-0.3, -0.25) is 9.59 Å². The molecule has 98 valence electrons. The molecule has 0 bridgehead atoms. The second-order valence-electron chi connectivity index (χ2n) is 4.06. The molecule has 0 saturated carbocycles. The van der Waals surface area contributed by atoms with E-state index in [0.717, 1.165) is 5.56 Å². The molecule has 0 aliphatic carbocycles. The lowest BCUT2D eigenvalue weighted by atomic mass is 10.1. The quantitative estimate of drug-likeness (QED) is 0.785. The van der Waals surface area contributed by atoms with Crippen molar-refractivity contribution >= 4 is 11.8 Å². The number of nitrogens with zero attached hydrogens (tertiary/aromatic N) is 1. The summed E-state index contributed by atoms with van der Waals surface area (Å²) < 4.78 is 0. The van der Waals surface area contributed by atoms with Crippen molar-refractivity contribution in [3.8, 4) is 0 Å². The van der Waals surface area contributed by atoms with Crippen molar-refractivity contribution < 1.29 is 9.59 Å². The van der Waals surface area contributed by atoms with E-state index < -0.39 is 0 Å². The van der Waals surface area contributed by atoms with Crippen LogP contribution < -0.4 is 10.6 Å². The number of carbonyl (C=O) groups excluding carboxylic acids is 2. The fourth-order valence-electron chi connectivity index (χ4n) is 1.55. The van der Waals surface area contributed by atoms with Crippen LogP contribution in [0.1, 0.15) is 15.9 Å². The van der Waals surface area contributed by atoms with E-state index in [0.29, 0.717) is 18.7 Å². The van der Waals surface area contributed by atoms with Gasteiger partial charge >= 0.3 is 0 Å². The van der Waals surface area contributed by atoms with Crippen LogP contribution in [-0.2, 0) is 11.3 Å². The molecular weight excluding hydrogens is 230 g/mol. The molecule has 5 nitrogen and oxygen atoms in total. The first kappa shape index (κ1) is 14.2. The third-order valence-corrected chi connectivity index (χ3v) is 2.62. The zero-order valence-corrected chi connectivity index (χ0v) is 11.0. The number of carbonyl (C=O) groups is 2. The largest absolute Gasteiger partial charge is 0.355 e. The van der Waals surface area contributed by atoms with Gasteiger partial charge in [0.1, 0.15) is 0 Å². The molecule has 18 heavy (non-hydrogen) atoms. The minimum absolute atomic E-state index is 0.0351. The van der Waals surface area contributed by atoms with Crippen LogP contribution >= 0.6 is 0 Å². The van der Waals surface area contributed by atoms with Crippen LogP contribution in [0.5, 0.6) is 0 Å². The van der Waals surface area contributed by atoms with Gasteiger partial charge in [-0.05, 0) is 24.7 Å². The van der Waals surface area contributed by atoms with Crippen molar-refractivity contribution in [1.29, 1.82) is 0 Å². The van der Waals surface area contributed by atoms with Crippen molar-refractivity contribution in [2.45, 2.75) is 6.54 Å². The Bertz CT molecular complexity index is 415. The van der Waals surface area contributed by atoms with E-state index in [1.165, 1.54) is 0 Å². The van der Waals surface area contributed by atoms with Crippen LogP contribution in [0.15, 0.2) is 24.3 Å². The van der Waals surface area contributed by atoms with Crippen LogP contribution in [0.2, 0.25) is 0 Å². The Kier molecular flexibility index (Phi) is 5.32. The normalized spacial score (nSPS) is 9.94. The highest BCUT2D eigenvalue weighted by atomic mass is 16.2. The lowest BCUT2D eigenvalue weighted by Crippen LogP contribution is -2.33. The number of likely N-dealkylation sites (N-methyl/N-ethyl adjacent to an activating group) is 2. The summed E-state index contributed by atoms with van der Waals surface area (Å²) in [6, 6.07) is 7.22. The summed E-state index contributed by atoms with van der Waals surface area (Å²) in [4.78, 5) is 24.6. The summed E-state index contributed by atoms with van der Waals surface area (Å²) in [6.07, 6.45) is 0. The zero-order valence-electron chi connectivity index (χ0n) is 11.0. The summed E-state index contributed by atoms with van der Waals surface area (Å²) >= 11 is 0. The van der Waals surface area contributed by atoms with Crippen molar-refractivity contribution in [2.75, 3.05) is 27.7 Å². The number of benzene rings is 1. The fourth-order valence-corrected chi connectivity index (χ4v) is 1.55. The Morgan fingerprint density at radius 2 is 1.78 bits per heavy atom. The smallest absolute Gasteiger partial charge is 0.251 e. The van der Waals surface area contributed by atoms with Gasteiger partial charge in [0.25, 0.3) is 5.91 Å². The molecule has 1 rings (SSSR count). The molecular formula is C13H19N3O2. The molecule has 0 spiro atoms. The Hall–Kier alpha value is -1.88. The van der Waals surface area contributed by atoms with Crippen LogP contribution in [0.25, 0.3) is 0 Å². The zero-order chi connectivity index (χ0) is 13.5. The fraction of sp³-hybridized carbons (Fsp3) is 0.385. The minimum Gasteiger partial charge on any atom is -0.355 e. The second-order valence-corrected chi connectivity index (χ2v) is 4.06. The highest BCUT2D eigenvalue weighted by Gasteiger charge is 2.08. The average molecular weight is 249 g/mol. The second kappa shape index (κ2) is 6.76. The summed E-state index contributed by atoms with van der Waals surface area (Å²) in [5, 5.41) is 5.39. The third kappa shape index (κ3) is 3.85. The first-order valence-corrected chi connectivity index (χ1v) is 5.78. The molecule has 1 aromatic rings. The molecule has 0 heterocycles. The van der Waals surface area contributed by atoms with Gasteiger partial charge in [-0.1, -0.05) is 12.1 Å². The Morgan fingerprint density at radius 1 is 1.17 bits per heavy atom. The van der Waals surface area contributed by atoms with Crippen molar-refractivity contribution in [2.24, 2.45) is 0 Å². The molecule has 0 radical (unpaired) electrons. The van der Waals surface area contributed by atoms with Crippen molar-refractivity contribution in [3.05, 3.63) is 35.4 Å². The maximum atomic E-state index is 11.6. The molecule has 1 aromatic carbocycles. The monoisotopic (exact) mass is 249 g/mol. The molecule has 5 heteroatoms. The highest BCUT2D eigenvalue weighted by molar-refractivity contribution is 5.93. The number of nitrogens with one attached hydrogen (secondary N) is 2. The van der Waals surface area contributed by atoms with Crippen molar-refractivity contribution in [1.82, 2.24) is 15.5 Å². The first-order chi connectivity index (χ1) is 8.58. The molecule has 0 atom stereocenters. The number of hydrogen-bond acceptors (Lipinski definition) is 3. The molecule has 0 fully saturated rings.